The monoisotopic (exact) mass is 325 g/mol. The fourth-order valence-electron chi connectivity index (χ4n) is 2.38. The minimum atomic E-state index is -0.162. The zero-order valence-corrected chi connectivity index (χ0v) is 13.1. The zero-order valence-electron chi connectivity index (χ0n) is 12.4. The van der Waals surface area contributed by atoms with E-state index >= 15 is 0 Å². The molecule has 1 unspecified atom stereocenters. The highest BCUT2D eigenvalue weighted by Crippen LogP contribution is 2.18. The molecule has 0 aliphatic rings. The lowest BCUT2D eigenvalue weighted by molar-refractivity contribution is 0.0936. The van der Waals surface area contributed by atoms with Crippen molar-refractivity contribution in [2.24, 2.45) is 0 Å². The van der Waals surface area contributed by atoms with Gasteiger partial charge in [0.05, 0.1) is 6.04 Å². The normalized spacial score (nSPS) is 11.9. The summed E-state index contributed by atoms with van der Waals surface area (Å²) in [5, 5.41) is 3.67. The maximum absolute atomic E-state index is 12.5. The van der Waals surface area contributed by atoms with Gasteiger partial charge in [-0.25, -0.2) is 4.98 Å². The predicted octanol–water partition coefficient (Wildman–Crippen LogP) is 3.78. The molecule has 0 saturated carbocycles. The van der Waals surface area contributed by atoms with Crippen LogP contribution in [0.3, 0.4) is 0 Å². The number of carbonyl (C=O) groups excluding carboxylic acids is 1. The van der Waals surface area contributed by atoms with Gasteiger partial charge >= 0.3 is 0 Å². The van der Waals surface area contributed by atoms with Gasteiger partial charge in [0, 0.05) is 29.4 Å². The molecule has 3 aromatic rings. The molecule has 0 saturated heterocycles. The highest BCUT2D eigenvalue weighted by atomic mass is 35.5. The molecule has 0 spiro atoms. The molecule has 1 atom stereocenters. The Bertz CT molecular complexity index is 755. The largest absolute Gasteiger partial charge is 0.349 e. The third-order valence-electron chi connectivity index (χ3n) is 3.57. The van der Waals surface area contributed by atoms with Crippen LogP contribution in [0, 0.1) is 0 Å². The Morgan fingerprint density at radius 1 is 1.13 bits per heavy atom. The topological polar surface area (TPSA) is 57.8 Å². The number of carbonyl (C=O) groups is 1. The van der Waals surface area contributed by atoms with E-state index in [4.69, 9.17) is 11.6 Å². The summed E-state index contributed by atoms with van der Waals surface area (Å²) in [6, 6.07) is 16.5. The van der Waals surface area contributed by atoms with Gasteiger partial charge in [-0.1, -0.05) is 41.9 Å². The SMILES string of the molecule is O=C(NC(Cc1ncc[nH]1)c1ccccc1)c1ccc(Cl)cc1. The van der Waals surface area contributed by atoms with Gasteiger partial charge < -0.3 is 10.3 Å². The highest BCUT2D eigenvalue weighted by Gasteiger charge is 2.17. The predicted molar refractivity (Wildman–Crippen MR) is 90.4 cm³/mol. The number of H-pyrrole nitrogens is 1. The third-order valence-corrected chi connectivity index (χ3v) is 3.82. The molecular formula is C18H16ClN3O. The van der Waals surface area contributed by atoms with E-state index < -0.39 is 0 Å². The van der Waals surface area contributed by atoms with Gasteiger partial charge in [0.2, 0.25) is 0 Å². The summed E-state index contributed by atoms with van der Waals surface area (Å²) in [5.41, 5.74) is 1.61. The molecule has 4 nitrogen and oxygen atoms in total. The standard InChI is InChI=1S/C18H16ClN3O/c19-15-8-6-14(7-9-15)18(23)22-16(12-17-20-10-11-21-17)13-4-2-1-3-5-13/h1-11,16H,12H2,(H,20,21)(H,22,23). The molecule has 2 N–H and O–H groups in total. The fraction of sp³-hybridized carbons (Fsp3) is 0.111. The lowest BCUT2D eigenvalue weighted by atomic mass is 10.0. The minimum absolute atomic E-state index is 0.137. The average molecular weight is 326 g/mol. The molecule has 1 amide bonds. The average Bonchev–Trinajstić information content (AvgIpc) is 3.09. The number of nitrogens with zero attached hydrogens (tertiary/aromatic N) is 1. The van der Waals surface area contributed by atoms with Crippen LogP contribution in [0.4, 0.5) is 0 Å². The van der Waals surface area contributed by atoms with Crippen LogP contribution in [0.25, 0.3) is 0 Å². The van der Waals surface area contributed by atoms with E-state index in [1.165, 1.54) is 0 Å². The van der Waals surface area contributed by atoms with Crippen molar-refractivity contribution in [2.75, 3.05) is 0 Å². The molecule has 1 heterocycles. The number of hydrogen-bond donors (Lipinski definition) is 2. The Kier molecular flexibility index (Phi) is 4.74. The van der Waals surface area contributed by atoms with E-state index in [2.05, 4.69) is 15.3 Å². The molecule has 1 aromatic heterocycles. The molecule has 0 aliphatic heterocycles. The maximum Gasteiger partial charge on any atom is 0.251 e. The summed E-state index contributed by atoms with van der Waals surface area (Å²) < 4.78 is 0. The fourth-order valence-corrected chi connectivity index (χ4v) is 2.51. The number of amides is 1. The van der Waals surface area contributed by atoms with Gasteiger partial charge in [-0.15, -0.1) is 0 Å². The Labute approximate surface area is 139 Å². The number of benzene rings is 2. The van der Waals surface area contributed by atoms with E-state index in [0.29, 0.717) is 17.0 Å². The number of hydrogen-bond acceptors (Lipinski definition) is 2. The number of imidazole rings is 1. The van der Waals surface area contributed by atoms with E-state index in [1.54, 1.807) is 36.7 Å². The van der Waals surface area contributed by atoms with Crippen molar-refractivity contribution in [1.29, 1.82) is 0 Å². The van der Waals surface area contributed by atoms with Gasteiger partial charge in [0.15, 0.2) is 0 Å². The van der Waals surface area contributed by atoms with E-state index in [9.17, 15) is 4.79 Å². The summed E-state index contributed by atoms with van der Waals surface area (Å²) in [7, 11) is 0. The van der Waals surface area contributed by atoms with Gasteiger partial charge in [0.25, 0.3) is 5.91 Å². The smallest absolute Gasteiger partial charge is 0.251 e. The van der Waals surface area contributed by atoms with Crippen molar-refractivity contribution in [3.05, 3.63) is 89.0 Å². The second-order valence-electron chi connectivity index (χ2n) is 5.18. The van der Waals surface area contributed by atoms with Crippen LogP contribution >= 0.6 is 11.6 Å². The molecule has 116 valence electrons. The second kappa shape index (κ2) is 7.11. The second-order valence-corrected chi connectivity index (χ2v) is 5.62. The van der Waals surface area contributed by atoms with Crippen LogP contribution < -0.4 is 5.32 Å². The summed E-state index contributed by atoms with van der Waals surface area (Å²) in [6.45, 7) is 0. The van der Waals surface area contributed by atoms with E-state index in [0.717, 1.165) is 11.4 Å². The lowest BCUT2D eigenvalue weighted by Crippen LogP contribution is -2.30. The van der Waals surface area contributed by atoms with Crippen molar-refractivity contribution < 1.29 is 4.79 Å². The quantitative estimate of drug-likeness (QED) is 0.750. The Morgan fingerprint density at radius 2 is 1.87 bits per heavy atom. The highest BCUT2D eigenvalue weighted by molar-refractivity contribution is 6.30. The molecule has 23 heavy (non-hydrogen) atoms. The summed E-state index contributed by atoms with van der Waals surface area (Å²) in [4.78, 5) is 19.8. The first kappa shape index (κ1) is 15.3. The molecular weight excluding hydrogens is 310 g/mol. The Hall–Kier alpha value is -2.59. The molecule has 2 aromatic carbocycles. The molecule has 0 fully saturated rings. The molecule has 0 radical (unpaired) electrons. The first-order chi connectivity index (χ1) is 11.2. The zero-order chi connectivity index (χ0) is 16.1. The van der Waals surface area contributed by atoms with Crippen LogP contribution in [-0.4, -0.2) is 15.9 Å². The Morgan fingerprint density at radius 3 is 2.52 bits per heavy atom. The molecule has 0 aliphatic carbocycles. The summed E-state index contributed by atoms with van der Waals surface area (Å²) in [6.07, 6.45) is 4.08. The van der Waals surface area contributed by atoms with Crippen molar-refractivity contribution in [3.63, 3.8) is 0 Å². The van der Waals surface area contributed by atoms with E-state index in [-0.39, 0.29) is 11.9 Å². The van der Waals surface area contributed by atoms with Crippen molar-refractivity contribution in [1.82, 2.24) is 15.3 Å². The van der Waals surface area contributed by atoms with E-state index in [1.807, 2.05) is 30.3 Å². The molecule has 3 rings (SSSR count). The van der Waals surface area contributed by atoms with Crippen molar-refractivity contribution in [3.8, 4) is 0 Å². The van der Waals surface area contributed by atoms with Crippen LogP contribution in [0.2, 0.25) is 5.02 Å². The number of nitrogens with one attached hydrogen (secondary N) is 2. The number of aromatic nitrogens is 2. The molecule has 0 bridgehead atoms. The number of halogens is 1. The van der Waals surface area contributed by atoms with Crippen LogP contribution in [0.15, 0.2) is 67.0 Å². The van der Waals surface area contributed by atoms with Crippen LogP contribution in [0.1, 0.15) is 27.8 Å². The van der Waals surface area contributed by atoms with Gasteiger partial charge in [-0.2, -0.15) is 0 Å². The van der Waals surface area contributed by atoms with Gasteiger partial charge in [-0.3, -0.25) is 4.79 Å². The number of aromatic amines is 1. The maximum atomic E-state index is 12.5. The third kappa shape index (κ3) is 3.99. The van der Waals surface area contributed by atoms with Crippen molar-refractivity contribution in [2.45, 2.75) is 12.5 Å². The van der Waals surface area contributed by atoms with Crippen LogP contribution in [0.5, 0.6) is 0 Å². The minimum Gasteiger partial charge on any atom is -0.349 e. The molecule has 5 heteroatoms. The number of rotatable bonds is 5. The van der Waals surface area contributed by atoms with Gasteiger partial charge in [0.1, 0.15) is 5.82 Å². The lowest BCUT2D eigenvalue weighted by Gasteiger charge is -2.18. The van der Waals surface area contributed by atoms with Crippen molar-refractivity contribution >= 4 is 17.5 Å². The first-order valence-corrected chi connectivity index (χ1v) is 7.70. The summed E-state index contributed by atoms with van der Waals surface area (Å²) in [5.74, 6) is 0.692. The first-order valence-electron chi connectivity index (χ1n) is 7.32. The van der Waals surface area contributed by atoms with Gasteiger partial charge in [-0.05, 0) is 29.8 Å². The Balaban J connectivity index is 1.80. The van der Waals surface area contributed by atoms with Crippen LogP contribution in [-0.2, 0) is 6.42 Å². The summed E-state index contributed by atoms with van der Waals surface area (Å²) >= 11 is 5.87.